The second kappa shape index (κ2) is 7.93. The van der Waals surface area contributed by atoms with Gasteiger partial charge in [-0.1, -0.05) is 0 Å². The van der Waals surface area contributed by atoms with Gasteiger partial charge >= 0.3 is 12.6 Å². The van der Waals surface area contributed by atoms with E-state index < -0.39 is 16.8 Å². The molecule has 0 unspecified atom stereocenters. The zero-order chi connectivity index (χ0) is 18.6. The maximum Gasteiger partial charge on any atom is 0.387 e. The summed E-state index contributed by atoms with van der Waals surface area (Å²) in [5.74, 6) is -0.00416. The van der Waals surface area contributed by atoms with Crippen molar-refractivity contribution in [1.82, 2.24) is 13.5 Å². The summed E-state index contributed by atoms with van der Waals surface area (Å²) in [5.41, 5.74) is 0.426. The summed E-state index contributed by atoms with van der Waals surface area (Å²) in [6.45, 7) is -1.99. The highest BCUT2D eigenvalue weighted by molar-refractivity contribution is 7.86. The highest BCUT2D eigenvalue weighted by atomic mass is 32.2. The van der Waals surface area contributed by atoms with Gasteiger partial charge in [-0.05, 0) is 24.3 Å². The van der Waals surface area contributed by atoms with Gasteiger partial charge in [0.25, 0.3) is 10.2 Å². The second-order valence-electron chi connectivity index (χ2n) is 5.51. The number of anilines is 1. The molecule has 1 fully saturated rings. The second-order valence-corrected chi connectivity index (χ2v) is 7.65. The number of halogens is 2. The molecule has 1 aliphatic rings. The van der Waals surface area contributed by atoms with E-state index in [-0.39, 0.29) is 38.0 Å². The van der Waals surface area contributed by atoms with Crippen molar-refractivity contribution in [2.24, 2.45) is 0 Å². The van der Waals surface area contributed by atoms with Crippen LogP contribution in [0.25, 0.3) is 0 Å². The first-order valence-corrected chi connectivity index (χ1v) is 8.88. The van der Waals surface area contributed by atoms with Crippen molar-refractivity contribution in [2.45, 2.75) is 6.61 Å². The van der Waals surface area contributed by atoms with Crippen LogP contribution in [0.15, 0.2) is 24.3 Å². The van der Waals surface area contributed by atoms with Crippen LogP contribution in [0.2, 0.25) is 0 Å². The number of hydrogen-bond donors (Lipinski definition) is 1. The first kappa shape index (κ1) is 19.3. The van der Waals surface area contributed by atoms with Crippen molar-refractivity contribution in [3.05, 3.63) is 24.3 Å². The van der Waals surface area contributed by atoms with Crippen molar-refractivity contribution < 1.29 is 26.7 Å². The van der Waals surface area contributed by atoms with Crippen LogP contribution in [-0.4, -0.2) is 74.8 Å². The van der Waals surface area contributed by atoms with Gasteiger partial charge in [0.1, 0.15) is 5.75 Å². The standard InChI is InChI=1S/C14H20F2N4O4S/c1-18(2)25(22,23)20-9-7-19(8-10-20)14(21)17-11-3-5-12(6-4-11)24-13(15)16/h3-6,13H,7-10H2,1-2H3,(H,17,21). The minimum atomic E-state index is -3.49. The first-order valence-electron chi connectivity index (χ1n) is 7.48. The van der Waals surface area contributed by atoms with E-state index in [0.29, 0.717) is 5.69 Å². The average molecular weight is 378 g/mol. The predicted molar refractivity (Wildman–Crippen MR) is 87.8 cm³/mol. The van der Waals surface area contributed by atoms with Crippen LogP contribution in [-0.2, 0) is 10.2 Å². The minimum absolute atomic E-state index is 0.00416. The molecule has 2 rings (SSSR count). The lowest BCUT2D eigenvalue weighted by molar-refractivity contribution is -0.0498. The van der Waals surface area contributed by atoms with E-state index in [1.165, 1.54) is 47.6 Å². The van der Waals surface area contributed by atoms with E-state index in [1.54, 1.807) is 0 Å². The van der Waals surface area contributed by atoms with Gasteiger partial charge in [0.15, 0.2) is 0 Å². The number of carbonyl (C=O) groups excluding carboxylic acids is 1. The molecule has 25 heavy (non-hydrogen) atoms. The highest BCUT2D eigenvalue weighted by Crippen LogP contribution is 2.18. The van der Waals surface area contributed by atoms with Gasteiger partial charge in [-0.25, -0.2) is 4.79 Å². The summed E-state index contributed by atoms with van der Waals surface area (Å²) in [6.07, 6.45) is 0. The van der Waals surface area contributed by atoms with Crippen molar-refractivity contribution >= 4 is 21.9 Å². The molecule has 2 amide bonds. The van der Waals surface area contributed by atoms with Gasteiger partial charge in [0.2, 0.25) is 0 Å². The van der Waals surface area contributed by atoms with Gasteiger partial charge in [0.05, 0.1) is 0 Å². The lowest BCUT2D eigenvalue weighted by atomic mass is 10.3. The molecule has 1 saturated heterocycles. The Hall–Kier alpha value is -1.98. The number of ether oxygens (including phenoxy) is 1. The molecule has 140 valence electrons. The molecule has 0 saturated carbocycles. The summed E-state index contributed by atoms with van der Waals surface area (Å²) in [7, 11) is -0.581. The van der Waals surface area contributed by atoms with Gasteiger partial charge in [-0.3, -0.25) is 0 Å². The Morgan fingerprint density at radius 3 is 2.20 bits per heavy atom. The molecule has 1 heterocycles. The van der Waals surface area contributed by atoms with E-state index in [1.807, 2.05) is 0 Å². The third kappa shape index (κ3) is 5.00. The van der Waals surface area contributed by atoms with E-state index in [0.717, 1.165) is 4.31 Å². The van der Waals surface area contributed by atoms with Gasteiger partial charge in [-0.2, -0.15) is 25.8 Å². The van der Waals surface area contributed by atoms with Crippen LogP contribution in [0.5, 0.6) is 5.75 Å². The fraction of sp³-hybridized carbons (Fsp3) is 0.500. The van der Waals surface area contributed by atoms with Crippen LogP contribution in [0.4, 0.5) is 19.3 Å². The lowest BCUT2D eigenvalue weighted by Crippen LogP contribution is -2.53. The van der Waals surface area contributed by atoms with Crippen LogP contribution >= 0.6 is 0 Å². The van der Waals surface area contributed by atoms with Gasteiger partial charge in [0, 0.05) is 46.0 Å². The topological polar surface area (TPSA) is 82.2 Å². The zero-order valence-corrected chi connectivity index (χ0v) is 14.7. The Bertz CT molecular complexity index is 689. The summed E-state index contributed by atoms with van der Waals surface area (Å²) in [5, 5.41) is 2.63. The fourth-order valence-corrected chi connectivity index (χ4v) is 3.36. The first-order chi connectivity index (χ1) is 11.7. The number of benzene rings is 1. The van der Waals surface area contributed by atoms with Crippen molar-refractivity contribution in [3.63, 3.8) is 0 Å². The number of piperazine rings is 1. The van der Waals surface area contributed by atoms with E-state index >= 15 is 0 Å². The minimum Gasteiger partial charge on any atom is -0.435 e. The molecular formula is C14H20F2N4O4S. The molecule has 8 nitrogen and oxygen atoms in total. The van der Waals surface area contributed by atoms with Crippen LogP contribution in [0.3, 0.4) is 0 Å². The van der Waals surface area contributed by atoms with Crippen LogP contribution < -0.4 is 10.1 Å². The molecule has 0 spiro atoms. The maximum atomic E-state index is 12.2. The molecule has 0 atom stereocenters. The SMILES string of the molecule is CN(C)S(=O)(=O)N1CCN(C(=O)Nc2ccc(OC(F)F)cc2)CC1. The molecule has 1 N–H and O–H groups in total. The molecule has 1 aromatic carbocycles. The fourth-order valence-electron chi connectivity index (χ4n) is 2.28. The number of urea groups is 1. The average Bonchev–Trinajstić information content (AvgIpc) is 2.56. The molecule has 1 aliphatic heterocycles. The molecule has 1 aromatic rings. The smallest absolute Gasteiger partial charge is 0.387 e. The lowest BCUT2D eigenvalue weighted by Gasteiger charge is -2.35. The number of hydrogen-bond acceptors (Lipinski definition) is 4. The van der Waals surface area contributed by atoms with Gasteiger partial charge < -0.3 is 15.0 Å². The van der Waals surface area contributed by atoms with E-state index in [9.17, 15) is 22.0 Å². The van der Waals surface area contributed by atoms with Crippen molar-refractivity contribution in [2.75, 3.05) is 45.6 Å². The number of amides is 2. The monoisotopic (exact) mass is 378 g/mol. The molecular weight excluding hydrogens is 358 g/mol. The van der Waals surface area contributed by atoms with E-state index in [2.05, 4.69) is 10.1 Å². The molecule has 0 aliphatic carbocycles. The number of nitrogens with zero attached hydrogens (tertiary/aromatic N) is 3. The number of nitrogens with one attached hydrogen (secondary N) is 1. The van der Waals surface area contributed by atoms with Gasteiger partial charge in [-0.15, -0.1) is 0 Å². The molecule has 0 radical (unpaired) electrons. The van der Waals surface area contributed by atoms with Crippen molar-refractivity contribution in [1.29, 1.82) is 0 Å². The van der Waals surface area contributed by atoms with Crippen LogP contribution in [0.1, 0.15) is 0 Å². The molecule has 0 aromatic heterocycles. The highest BCUT2D eigenvalue weighted by Gasteiger charge is 2.30. The number of alkyl halides is 2. The Kier molecular flexibility index (Phi) is 6.14. The molecule has 11 heteroatoms. The van der Waals surface area contributed by atoms with E-state index in [4.69, 9.17) is 0 Å². The Morgan fingerprint density at radius 1 is 1.16 bits per heavy atom. The summed E-state index contributed by atoms with van der Waals surface area (Å²) in [4.78, 5) is 13.7. The van der Waals surface area contributed by atoms with Crippen molar-refractivity contribution in [3.8, 4) is 5.75 Å². The normalized spacial score (nSPS) is 16.3. The summed E-state index contributed by atoms with van der Waals surface area (Å²) >= 11 is 0. The largest absolute Gasteiger partial charge is 0.435 e. The molecule has 0 bridgehead atoms. The quantitative estimate of drug-likeness (QED) is 0.836. The summed E-state index contributed by atoms with van der Waals surface area (Å²) in [6, 6.07) is 5.15. The predicted octanol–water partition coefficient (Wildman–Crippen LogP) is 1.24. The number of rotatable bonds is 5. The third-order valence-electron chi connectivity index (χ3n) is 3.64. The number of carbonyl (C=O) groups is 1. The Morgan fingerprint density at radius 2 is 1.72 bits per heavy atom. The maximum absolute atomic E-state index is 12.2. The Labute approximate surface area is 145 Å². The van der Waals surface area contributed by atoms with Crippen LogP contribution in [0, 0.1) is 0 Å². The zero-order valence-electron chi connectivity index (χ0n) is 13.9. The Balaban J connectivity index is 1.88. The summed E-state index contributed by atoms with van der Waals surface area (Å²) < 4.78 is 54.9. The third-order valence-corrected chi connectivity index (χ3v) is 5.58.